The molecule has 1 N–H and O–H groups in total. The monoisotopic (exact) mass is 408 g/mol. The third kappa shape index (κ3) is 4.55. The molecule has 0 bridgehead atoms. The van der Waals surface area contributed by atoms with Crippen LogP contribution in [0.1, 0.15) is 5.56 Å². The summed E-state index contributed by atoms with van der Waals surface area (Å²) < 4.78 is 5.78. The number of benzene rings is 3. The number of thioether (sulfide) groups is 1. The van der Waals surface area contributed by atoms with E-state index in [1.54, 1.807) is 0 Å². The van der Waals surface area contributed by atoms with Crippen LogP contribution in [0.3, 0.4) is 0 Å². The van der Waals surface area contributed by atoms with Crippen molar-refractivity contribution in [3.63, 3.8) is 0 Å². The Morgan fingerprint density at radius 2 is 1.75 bits per heavy atom. The number of hydrogen-bond donors (Lipinski definition) is 1. The maximum Gasteiger partial charge on any atom is 0.230 e. The van der Waals surface area contributed by atoms with Crippen molar-refractivity contribution in [2.75, 3.05) is 5.75 Å². The van der Waals surface area contributed by atoms with E-state index >= 15 is 0 Å². The maximum absolute atomic E-state index is 12.1. The van der Waals surface area contributed by atoms with Crippen molar-refractivity contribution in [2.45, 2.75) is 11.4 Å². The van der Waals surface area contributed by atoms with Crippen molar-refractivity contribution in [2.24, 2.45) is 0 Å². The van der Waals surface area contributed by atoms with Gasteiger partial charge in [0.25, 0.3) is 0 Å². The third-order valence-electron chi connectivity index (χ3n) is 4.17. The minimum atomic E-state index is -0.0111. The van der Waals surface area contributed by atoms with Gasteiger partial charge in [-0.2, -0.15) is 0 Å². The van der Waals surface area contributed by atoms with Crippen LogP contribution in [0.4, 0.5) is 0 Å². The molecular formula is C22H17ClN2O2S. The van der Waals surface area contributed by atoms with Gasteiger partial charge in [-0.3, -0.25) is 4.79 Å². The number of para-hydroxylation sites is 2. The summed E-state index contributed by atoms with van der Waals surface area (Å²) in [4.78, 5) is 17.6. The lowest BCUT2D eigenvalue weighted by Gasteiger charge is -2.06. The van der Waals surface area contributed by atoms with Gasteiger partial charge in [0.05, 0.1) is 5.75 Å². The summed E-state index contributed by atoms with van der Waals surface area (Å²) in [6.07, 6.45) is 0. The zero-order valence-electron chi connectivity index (χ0n) is 14.9. The van der Waals surface area contributed by atoms with E-state index in [4.69, 9.17) is 16.0 Å². The standard InChI is InChI=1S/C22H17ClN2O2S/c23-17-9-11-18(12-10-17)28-14-21(26)24-13-15-5-7-16(8-6-15)22-25-19-3-1-2-4-20(19)27-22/h1-12H,13-14H2,(H,24,26). The first kappa shape index (κ1) is 18.6. The van der Waals surface area contributed by atoms with E-state index in [0.29, 0.717) is 23.2 Å². The van der Waals surface area contributed by atoms with Crippen molar-refractivity contribution >= 4 is 40.4 Å². The molecule has 3 aromatic carbocycles. The summed E-state index contributed by atoms with van der Waals surface area (Å²) in [6.45, 7) is 0.480. The van der Waals surface area contributed by atoms with Gasteiger partial charge in [-0.1, -0.05) is 35.9 Å². The fourth-order valence-electron chi connectivity index (χ4n) is 2.69. The van der Waals surface area contributed by atoms with Crippen LogP contribution >= 0.6 is 23.4 Å². The molecule has 140 valence electrons. The lowest BCUT2D eigenvalue weighted by atomic mass is 10.1. The molecule has 0 aliphatic carbocycles. The highest BCUT2D eigenvalue weighted by molar-refractivity contribution is 8.00. The van der Waals surface area contributed by atoms with Gasteiger partial charge in [-0.25, -0.2) is 4.98 Å². The second-order valence-electron chi connectivity index (χ2n) is 6.20. The van der Waals surface area contributed by atoms with Gasteiger partial charge < -0.3 is 9.73 Å². The van der Waals surface area contributed by atoms with Gasteiger partial charge in [0.2, 0.25) is 11.8 Å². The molecule has 0 unspecified atom stereocenters. The quantitative estimate of drug-likeness (QED) is 0.424. The van der Waals surface area contributed by atoms with Gasteiger partial charge in [0.1, 0.15) is 5.52 Å². The van der Waals surface area contributed by atoms with Crippen molar-refractivity contribution in [1.29, 1.82) is 0 Å². The van der Waals surface area contributed by atoms with Crippen LogP contribution in [-0.4, -0.2) is 16.6 Å². The molecule has 0 saturated heterocycles. The number of halogens is 1. The highest BCUT2D eigenvalue weighted by Crippen LogP contribution is 2.24. The molecule has 0 aliphatic rings. The molecule has 4 nitrogen and oxygen atoms in total. The first-order chi connectivity index (χ1) is 13.7. The predicted molar refractivity (Wildman–Crippen MR) is 113 cm³/mol. The molecule has 1 heterocycles. The van der Waals surface area contributed by atoms with Crippen molar-refractivity contribution in [3.05, 3.63) is 83.4 Å². The van der Waals surface area contributed by atoms with Crippen molar-refractivity contribution in [1.82, 2.24) is 10.3 Å². The molecule has 0 radical (unpaired) electrons. The number of carbonyl (C=O) groups is 1. The molecule has 0 spiro atoms. The van der Waals surface area contributed by atoms with Gasteiger partial charge >= 0.3 is 0 Å². The average Bonchev–Trinajstić information content (AvgIpc) is 3.16. The first-order valence-electron chi connectivity index (χ1n) is 8.77. The van der Waals surface area contributed by atoms with E-state index in [1.807, 2.05) is 72.8 Å². The van der Waals surface area contributed by atoms with Gasteiger partial charge in [-0.15, -0.1) is 11.8 Å². The molecule has 0 aliphatic heterocycles. The van der Waals surface area contributed by atoms with E-state index < -0.39 is 0 Å². The number of rotatable bonds is 6. The molecule has 4 rings (SSSR count). The predicted octanol–water partition coefficient (Wildman–Crippen LogP) is 5.56. The molecular weight excluding hydrogens is 392 g/mol. The number of hydrogen-bond acceptors (Lipinski definition) is 4. The summed E-state index contributed by atoms with van der Waals surface area (Å²) in [5.41, 5.74) is 3.54. The number of nitrogens with one attached hydrogen (secondary N) is 1. The Morgan fingerprint density at radius 3 is 2.50 bits per heavy atom. The number of aromatic nitrogens is 1. The lowest BCUT2D eigenvalue weighted by molar-refractivity contribution is -0.118. The van der Waals surface area contributed by atoms with Crippen molar-refractivity contribution < 1.29 is 9.21 Å². The molecule has 0 fully saturated rings. The van der Waals surface area contributed by atoms with Crippen LogP contribution in [0.5, 0.6) is 0 Å². The molecule has 28 heavy (non-hydrogen) atoms. The molecule has 0 saturated carbocycles. The largest absolute Gasteiger partial charge is 0.436 e. The fourth-order valence-corrected chi connectivity index (χ4v) is 3.55. The number of fused-ring (bicyclic) bond motifs is 1. The van der Waals surface area contributed by atoms with Crippen LogP contribution in [0.15, 0.2) is 82.1 Å². The van der Waals surface area contributed by atoms with E-state index in [0.717, 1.165) is 27.1 Å². The van der Waals surface area contributed by atoms with Crippen LogP contribution in [0.25, 0.3) is 22.6 Å². The zero-order valence-corrected chi connectivity index (χ0v) is 16.5. The molecule has 1 aromatic heterocycles. The number of carbonyl (C=O) groups excluding carboxylic acids is 1. The zero-order chi connectivity index (χ0) is 19.3. The van der Waals surface area contributed by atoms with E-state index in [1.165, 1.54) is 11.8 Å². The Balaban J connectivity index is 1.31. The van der Waals surface area contributed by atoms with Gasteiger partial charge in [0.15, 0.2) is 5.58 Å². The van der Waals surface area contributed by atoms with Crippen molar-refractivity contribution in [3.8, 4) is 11.5 Å². The average molecular weight is 409 g/mol. The van der Waals surface area contributed by atoms with Gasteiger partial charge in [-0.05, 0) is 54.1 Å². The SMILES string of the molecule is O=C(CSc1ccc(Cl)cc1)NCc1ccc(-c2nc3ccccc3o2)cc1. The highest BCUT2D eigenvalue weighted by Gasteiger charge is 2.08. The smallest absolute Gasteiger partial charge is 0.230 e. The Labute approximate surface area is 171 Å². The second-order valence-corrected chi connectivity index (χ2v) is 7.69. The molecule has 6 heteroatoms. The topological polar surface area (TPSA) is 55.1 Å². The minimum Gasteiger partial charge on any atom is -0.436 e. The van der Waals surface area contributed by atoms with Gasteiger partial charge in [0, 0.05) is 22.0 Å². The maximum atomic E-state index is 12.1. The summed E-state index contributed by atoms with van der Waals surface area (Å²) in [5, 5.41) is 3.63. The van der Waals surface area contributed by atoms with Crippen LogP contribution in [0.2, 0.25) is 5.02 Å². The molecule has 4 aromatic rings. The Morgan fingerprint density at radius 1 is 1.00 bits per heavy atom. The Bertz CT molecular complexity index is 1060. The van der Waals surface area contributed by atoms with E-state index in [2.05, 4.69) is 10.3 Å². The molecule has 0 atom stereocenters. The summed E-state index contributed by atoms with van der Waals surface area (Å²) in [5.74, 6) is 0.946. The second kappa shape index (κ2) is 8.50. The normalized spacial score (nSPS) is 10.9. The third-order valence-corrected chi connectivity index (χ3v) is 5.43. The number of amides is 1. The highest BCUT2D eigenvalue weighted by atomic mass is 35.5. The lowest BCUT2D eigenvalue weighted by Crippen LogP contribution is -2.24. The van der Waals surface area contributed by atoms with Crippen LogP contribution in [0, 0.1) is 0 Å². The summed E-state index contributed by atoms with van der Waals surface area (Å²) >= 11 is 7.35. The van der Waals surface area contributed by atoms with Crippen LogP contribution < -0.4 is 5.32 Å². The first-order valence-corrected chi connectivity index (χ1v) is 10.1. The fraction of sp³-hybridized carbons (Fsp3) is 0.0909. The van der Waals surface area contributed by atoms with E-state index in [9.17, 15) is 4.79 Å². The molecule has 1 amide bonds. The van der Waals surface area contributed by atoms with Crippen LogP contribution in [-0.2, 0) is 11.3 Å². The number of nitrogens with zero attached hydrogens (tertiary/aromatic N) is 1. The Kier molecular flexibility index (Phi) is 5.65. The number of oxazole rings is 1. The summed E-state index contributed by atoms with van der Waals surface area (Å²) in [6, 6.07) is 23.0. The van der Waals surface area contributed by atoms with E-state index in [-0.39, 0.29) is 5.91 Å². The minimum absolute atomic E-state index is 0.0111. The summed E-state index contributed by atoms with van der Waals surface area (Å²) in [7, 11) is 0. The Hall–Kier alpha value is -2.76.